The van der Waals surface area contributed by atoms with E-state index in [0.717, 1.165) is 11.3 Å². The Morgan fingerprint density at radius 1 is 1.06 bits per heavy atom. The van der Waals surface area contributed by atoms with Crippen molar-refractivity contribution in [2.75, 3.05) is 13.1 Å². The molecule has 96 valence electrons. The van der Waals surface area contributed by atoms with Crippen molar-refractivity contribution < 1.29 is 0 Å². The van der Waals surface area contributed by atoms with Crippen molar-refractivity contribution in [2.24, 2.45) is 11.3 Å². The topological polar surface area (TPSA) is 12.0 Å². The van der Waals surface area contributed by atoms with Gasteiger partial charge in [-0.05, 0) is 56.5 Å². The van der Waals surface area contributed by atoms with Crippen LogP contribution in [0.15, 0.2) is 0 Å². The third-order valence-corrected chi connectivity index (χ3v) is 4.43. The number of hydrogen-bond donors (Lipinski definition) is 1. The highest BCUT2D eigenvalue weighted by atomic mass is 14.8. The SMILES string of the molecule is CCCCCCNCCC[C@@H](C)C1(C)CC1. The second kappa shape index (κ2) is 7.32. The van der Waals surface area contributed by atoms with Crippen LogP contribution in [0.3, 0.4) is 0 Å². The van der Waals surface area contributed by atoms with E-state index in [9.17, 15) is 0 Å². The minimum Gasteiger partial charge on any atom is -0.317 e. The van der Waals surface area contributed by atoms with Crippen LogP contribution >= 0.6 is 0 Å². The maximum atomic E-state index is 3.57. The Labute approximate surface area is 102 Å². The van der Waals surface area contributed by atoms with E-state index in [1.54, 1.807) is 0 Å². The third kappa shape index (κ3) is 5.34. The van der Waals surface area contributed by atoms with E-state index >= 15 is 0 Å². The first-order valence-electron chi connectivity index (χ1n) is 7.40. The summed E-state index contributed by atoms with van der Waals surface area (Å²) in [4.78, 5) is 0. The molecular formula is C15H31N. The fourth-order valence-corrected chi connectivity index (χ4v) is 2.37. The second-order valence-electron chi connectivity index (χ2n) is 6.01. The first-order valence-corrected chi connectivity index (χ1v) is 7.40. The van der Waals surface area contributed by atoms with Crippen molar-refractivity contribution in [1.29, 1.82) is 0 Å². The highest BCUT2D eigenvalue weighted by molar-refractivity contribution is 4.92. The summed E-state index contributed by atoms with van der Waals surface area (Å²) in [6, 6.07) is 0. The molecule has 0 aromatic heterocycles. The molecule has 0 amide bonds. The molecule has 0 aromatic rings. The Morgan fingerprint density at radius 2 is 1.75 bits per heavy atom. The van der Waals surface area contributed by atoms with E-state index in [4.69, 9.17) is 0 Å². The van der Waals surface area contributed by atoms with Crippen LogP contribution in [-0.2, 0) is 0 Å². The van der Waals surface area contributed by atoms with Gasteiger partial charge >= 0.3 is 0 Å². The molecule has 1 nitrogen and oxygen atoms in total. The van der Waals surface area contributed by atoms with Crippen molar-refractivity contribution in [3.05, 3.63) is 0 Å². The van der Waals surface area contributed by atoms with Crippen LogP contribution in [0.1, 0.15) is 72.1 Å². The Bertz CT molecular complexity index is 172. The summed E-state index contributed by atoms with van der Waals surface area (Å²) < 4.78 is 0. The van der Waals surface area contributed by atoms with Gasteiger partial charge in [-0.1, -0.05) is 40.0 Å². The molecule has 0 aliphatic heterocycles. The van der Waals surface area contributed by atoms with Crippen LogP contribution in [-0.4, -0.2) is 13.1 Å². The summed E-state index contributed by atoms with van der Waals surface area (Å²) in [7, 11) is 0. The molecule has 1 saturated carbocycles. The maximum Gasteiger partial charge on any atom is -0.00488 e. The monoisotopic (exact) mass is 225 g/mol. The molecular weight excluding hydrogens is 194 g/mol. The zero-order valence-electron chi connectivity index (χ0n) is 11.6. The summed E-state index contributed by atoms with van der Waals surface area (Å²) in [5.74, 6) is 0.939. The highest BCUT2D eigenvalue weighted by Gasteiger charge is 2.41. The Kier molecular flexibility index (Phi) is 6.41. The lowest BCUT2D eigenvalue weighted by Gasteiger charge is -2.18. The Balaban J connectivity index is 1.81. The number of hydrogen-bond acceptors (Lipinski definition) is 1. The molecule has 0 saturated heterocycles. The summed E-state index contributed by atoms with van der Waals surface area (Å²) in [5.41, 5.74) is 0.723. The zero-order valence-corrected chi connectivity index (χ0v) is 11.6. The number of nitrogens with one attached hydrogen (secondary N) is 1. The Hall–Kier alpha value is -0.0400. The summed E-state index contributed by atoms with van der Waals surface area (Å²) >= 11 is 0. The lowest BCUT2D eigenvalue weighted by molar-refractivity contribution is 0.332. The standard InChI is InChI=1S/C15H31N/c1-4-5-6-7-12-16-13-8-9-14(2)15(3)10-11-15/h14,16H,4-13H2,1-3H3/t14-/m1/s1. The van der Waals surface area contributed by atoms with Gasteiger partial charge in [0, 0.05) is 0 Å². The van der Waals surface area contributed by atoms with Gasteiger partial charge in [0.2, 0.25) is 0 Å². The average molecular weight is 225 g/mol. The molecule has 0 aromatic carbocycles. The van der Waals surface area contributed by atoms with Crippen LogP contribution in [0, 0.1) is 11.3 Å². The van der Waals surface area contributed by atoms with E-state index in [0.29, 0.717) is 0 Å². The third-order valence-electron chi connectivity index (χ3n) is 4.43. The van der Waals surface area contributed by atoms with Gasteiger partial charge in [-0.15, -0.1) is 0 Å². The maximum absolute atomic E-state index is 3.57. The van der Waals surface area contributed by atoms with Gasteiger partial charge in [-0.3, -0.25) is 0 Å². The summed E-state index contributed by atoms with van der Waals surface area (Å²) in [5, 5.41) is 3.57. The van der Waals surface area contributed by atoms with Crippen LogP contribution in [0.4, 0.5) is 0 Å². The van der Waals surface area contributed by atoms with Gasteiger partial charge in [0.1, 0.15) is 0 Å². The number of rotatable bonds is 10. The second-order valence-corrected chi connectivity index (χ2v) is 6.01. The normalized spacial score (nSPS) is 19.7. The van der Waals surface area contributed by atoms with E-state index in [2.05, 4.69) is 26.1 Å². The molecule has 1 aliphatic rings. The fourth-order valence-electron chi connectivity index (χ4n) is 2.37. The largest absolute Gasteiger partial charge is 0.317 e. The van der Waals surface area contributed by atoms with E-state index in [1.165, 1.54) is 64.5 Å². The molecule has 1 rings (SSSR count). The van der Waals surface area contributed by atoms with E-state index in [-0.39, 0.29) is 0 Å². The van der Waals surface area contributed by atoms with Crippen molar-refractivity contribution in [1.82, 2.24) is 5.32 Å². The van der Waals surface area contributed by atoms with Crippen molar-refractivity contribution in [3.63, 3.8) is 0 Å². The smallest absolute Gasteiger partial charge is 0.00488 e. The molecule has 0 unspecified atom stereocenters. The molecule has 1 heteroatoms. The highest BCUT2D eigenvalue weighted by Crippen LogP contribution is 2.52. The lowest BCUT2D eigenvalue weighted by atomic mass is 9.89. The zero-order chi connectivity index (χ0) is 11.9. The first-order chi connectivity index (χ1) is 7.69. The fraction of sp³-hybridized carbons (Fsp3) is 1.00. The van der Waals surface area contributed by atoms with Gasteiger partial charge < -0.3 is 5.32 Å². The molecule has 1 N–H and O–H groups in total. The molecule has 1 aliphatic carbocycles. The quantitative estimate of drug-likeness (QED) is 0.544. The van der Waals surface area contributed by atoms with Crippen LogP contribution in [0.25, 0.3) is 0 Å². The predicted molar refractivity (Wildman–Crippen MR) is 72.8 cm³/mol. The van der Waals surface area contributed by atoms with Gasteiger partial charge in [-0.25, -0.2) is 0 Å². The molecule has 16 heavy (non-hydrogen) atoms. The van der Waals surface area contributed by atoms with Crippen molar-refractivity contribution in [2.45, 2.75) is 72.1 Å². The Morgan fingerprint density at radius 3 is 2.38 bits per heavy atom. The molecule has 0 bridgehead atoms. The van der Waals surface area contributed by atoms with Crippen LogP contribution in [0.2, 0.25) is 0 Å². The van der Waals surface area contributed by atoms with Gasteiger partial charge in [0.05, 0.1) is 0 Å². The number of unbranched alkanes of at least 4 members (excludes halogenated alkanes) is 3. The van der Waals surface area contributed by atoms with Gasteiger partial charge in [0.25, 0.3) is 0 Å². The molecule has 0 heterocycles. The molecule has 0 spiro atoms. The molecule has 1 atom stereocenters. The summed E-state index contributed by atoms with van der Waals surface area (Å²) in [6.07, 6.45) is 11.2. The van der Waals surface area contributed by atoms with E-state index < -0.39 is 0 Å². The van der Waals surface area contributed by atoms with Crippen molar-refractivity contribution in [3.8, 4) is 0 Å². The minimum atomic E-state index is 0.723. The molecule has 1 fully saturated rings. The minimum absolute atomic E-state index is 0.723. The first kappa shape index (κ1) is 14.0. The van der Waals surface area contributed by atoms with Crippen molar-refractivity contribution >= 4 is 0 Å². The van der Waals surface area contributed by atoms with Gasteiger partial charge in [-0.2, -0.15) is 0 Å². The van der Waals surface area contributed by atoms with E-state index in [1.807, 2.05) is 0 Å². The summed E-state index contributed by atoms with van der Waals surface area (Å²) in [6.45, 7) is 9.62. The molecule has 0 radical (unpaired) electrons. The van der Waals surface area contributed by atoms with Crippen LogP contribution in [0.5, 0.6) is 0 Å². The van der Waals surface area contributed by atoms with Crippen LogP contribution < -0.4 is 5.32 Å². The average Bonchev–Trinajstić information content (AvgIpc) is 3.01. The van der Waals surface area contributed by atoms with Gasteiger partial charge in [0.15, 0.2) is 0 Å². The predicted octanol–water partition coefficient (Wildman–Crippen LogP) is 4.37. The lowest BCUT2D eigenvalue weighted by Crippen LogP contribution is -2.18.